The number of epoxide rings is 1. The summed E-state index contributed by atoms with van der Waals surface area (Å²) in [5.74, 6) is -1.64. The van der Waals surface area contributed by atoms with Crippen LogP contribution in [0, 0.1) is 28.6 Å². The first-order valence-corrected chi connectivity index (χ1v) is 12.8. The fourth-order valence-electron chi connectivity index (χ4n) is 8.07. The maximum absolute atomic E-state index is 15.6. The number of thioether (sulfide) groups is 1. The van der Waals surface area contributed by atoms with Crippen molar-refractivity contribution >= 4 is 28.6 Å². The number of hydrogen-bond donors (Lipinski definition) is 1. The van der Waals surface area contributed by atoms with E-state index >= 15 is 4.39 Å². The largest absolute Gasteiger partial charge is 0.449 e. The van der Waals surface area contributed by atoms with Crippen LogP contribution < -0.4 is 0 Å². The molecule has 0 aromatic heterocycles. The second kappa shape index (κ2) is 7.25. The van der Waals surface area contributed by atoms with Crippen LogP contribution in [0.15, 0.2) is 23.8 Å². The molecule has 5 aliphatic rings. The number of fused-ring (bicyclic) bond motifs is 3. The standard InChI is InChI=1S/C25H31FO6S/c1-5-20(29)32-24(21(30)33-12-27)13(2)8-15-16-10-18(26)17-9-14(28)6-7-22(17,3)25(16)19(31-25)11-23(15,24)4/h6-7,9,13,15-16,18-19,27H,5,8,10-12H2,1-4H3/t13-,15+,16?,18+,19+,22+,23+,24+,25-/m1/s1. The van der Waals surface area contributed by atoms with Gasteiger partial charge in [0, 0.05) is 23.2 Å². The van der Waals surface area contributed by atoms with Crippen LogP contribution in [0.3, 0.4) is 0 Å². The third-order valence-electron chi connectivity index (χ3n) is 9.52. The maximum Gasteiger partial charge on any atom is 0.306 e. The highest BCUT2D eigenvalue weighted by molar-refractivity contribution is 8.13. The van der Waals surface area contributed by atoms with Crippen LogP contribution in [0.1, 0.15) is 53.4 Å². The lowest BCUT2D eigenvalue weighted by Crippen LogP contribution is -2.63. The van der Waals surface area contributed by atoms with Crippen molar-refractivity contribution in [2.45, 2.75) is 76.9 Å². The van der Waals surface area contributed by atoms with Crippen LogP contribution in [0.25, 0.3) is 0 Å². The highest BCUT2D eigenvalue weighted by Crippen LogP contribution is 2.77. The van der Waals surface area contributed by atoms with Crippen molar-refractivity contribution in [2.24, 2.45) is 28.6 Å². The molecule has 1 spiro atoms. The number of alkyl halides is 1. The minimum atomic E-state index is -1.41. The van der Waals surface area contributed by atoms with Crippen LogP contribution in [0.5, 0.6) is 0 Å². The number of aliphatic hydroxyl groups excluding tert-OH is 1. The van der Waals surface area contributed by atoms with Gasteiger partial charge >= 0.3 is 5.97 Å². The van der Waals surface area contributed by atoms with E-state index in [2.05, 4.69) is 0 Å². The molecular weight excluding hydrogens is 447 g/mol. The molecule has 1 saturated heterocycles. The lowest BCUT2D eigenvalue weighted by Gasteiger charge is -2.56. The molecule has 1 heterocycles. The third kappa shape index (κ3) is 2.66. The average Bonchev–Trinajstić information content (AvgIpc) is 3.44. The maximum atomic E-state index is 15.6. The Morgan fingerprint density at radius 2 is 2.03 bits per heavy atom. The first kappa shape index (κ1) is 23.2. The molecule has 33 heavy (non-hydrogen) atoms. The van der Waals surface area contributed by atoms with Crippen LogP contribution in [0.4, 0.5) is 4.39 Å². The van der Waals surface area contributed by atoms with Crippen molar-refractivity contribution in [3.05, 3.63) is 23.8 Å². The molecule has 0 bridgehead atoms. The van der Waals surface area contributed by atoms with E-state index in [1.807, 2.05) is 26.8 Å². The Labute approximate surface area is 197 Å². The molecular formula is C25H31FO6S. The molecule has 0 amide bonds. The summed E-state index contributed by atoms with van der Waals surface area (Å²) in [6.07, 6.45) is 4.66. The number of rotatable bonds is 4. The van der Waals surface area contributed by atoms with Crippen molar-refractivity contribution in [1.82, 2.24) is 0 Å². The number of carbonyl (C=O) groups is 3. The van der Waals surface area contributed by atoms with Gasteiger partial charge in [-0.2, -0.15) is 0 Å². The van der Waals surface area contributed by atoms with Crippen molar-refractivity contribution in [2.75, 3.05) is 5.94 Å². The first-order chi connectivity index (χ1) is 15.5. The van der Waals surface area contributed by atoms with E-state index in [-0.39, 0.29) is 47.6 Å². The minimum Gasteiger partial charge on any atom is -0.449 e. The van der Waals surface area contributed by atoms with Crippen molar-refractivity contribution < 1.29 is 33.4 Å². The number of ether oxygens (including phenoxy) is 2. The topological polar surface area (TPSA) is 93.2 Å². The average molecular weight is 479 g/mol. The molecule has 3 saturated carbocycles. The zero-order valence-electron chi connectivity index (χ0n) is 19.4. The normalized spacial score (nSPS) is 49.3. The van der Waals surface area contributed by atoms with Gasteiger partial charge in [0.2, 0.25) is 5.12 Å². The Morgan fingerprint density at radius 1 is 1.30 bits per heavy atom. The highest BCUT2D eigenvalue weighted by Gasteiger charge is 2.83. The SMILES string of the molecule is CCC(=O)O[C@]1(C(=O)SCO)[C@H](C)C[C@H]2C3C[C@H](F)C4=CC(=O)C=C[C@]4(C)[C@@]34O[C@H]4C[C@@]21C. The van der Waals surface area contributed by atoms with Gasteiger partial charge in [0.05, 0.1) is 12.0 Å². The van der Waals surface area contributed by atoms with E-state index in [0.29, 0.717) is 18.4 Å². The Hall–Kier alpha value is -1.51. The first-order valence-electron chi connectivity index (χ1n) is 11.8. The van der Waals surface area contributed by atoms with Gasteiger partial charge in [-0.05, 0) is 55.7 Å². The molecule has 1 unspecified atom stereocenters. The van der Waals surface area contributed by atoms with Gasteiger partial charge in [-0.15, -0.1) is 0 Å². The van der Waals surface area contributed by atoms with Gasteiger partial charge in [0.25, 0.3) is 0 Å². The summed E-state index contributed by atoms with van der Waals surface area (Å²) >= 11 is 0.765. The minimum absolute atomic E-state index is 0.109. The number of esters is 1. The van der Waals surface area contributed by atoms with Gasteiger partial charge in [0.1, 0.15) is 11.8 Å². The summed E-state index contributed by atoms with van der Waals surface area (Å²) in [5.41, 5.74) is -3.03. The Balaban J connectivity index is 1.62. The molecule has 6 nitrogen and oxygen atoms in total. The third-order valence-corrected chi connectivity index (χ3v) is 10.2. The predicted octanol–water partition coefficient (Wildman–Crippen LogP) is 3.52. The van der Waals surface area contributed by atoms with Gasteiger partial charge < -0.3 is 14.6 Å². The van der Waals surface area contributed by atoms with E-state index < -0.39 is 40.1 Å². The molecule has 9 atom stereocenters. The quantitative estimate of drug-likeness (QED) is 0.375. The fraction of sp³-hybridized carbons (Fsp3) is 0.720. The number of allylic oxidation sites excluding steroid dienone is 2. The summed E-state index contributed by atoms with van der Waals surface area (Å²) in [7, 11) is 0. The zero-order chi connectivity index (χ0) is 24.0. The lowest BCUT2D eigenvalue weighted by molar-refractivity contribution is -0.187. The second-order valence-electron chi connectivity index (χ2n) is 10.7. The lowest BCUT2D eigenvalue weighted by atomic mass is 9.46. The molecule has 0 aromatic rings. The number of aliphatic hydroxyl groups is 1. The van der Waals surface area contributed by atoms with Gasteiger partial charge in [-0.25, -0.2) is 4.39 Å². The second-order valence-corrected chi connectivity index (χ2v) is 11.7. The highest BCUT2D eigenvalue weighted by atomic mass is 32.2. The summed E-state index contributed by atoms with van der Waals surface area (Å²) in [6.45, 7) is 7.55. The Kier molecular flexibility index (Phi) is 5.10. The van der Waals surface area contributed by atoms with Gasteiger partial charge in [-0.1, -0.05) is 38.6 Å². The Bertz CT molecular complexity index is 993. The van der Waals surface area contributed by atoms with E-state index in [4.69, 9.17) is 9.47 Å². The van der Waals surface area contributed by atoms with Crippen LogP contribution in [0.2, 0.25) is 0 Å². The van der Waals surface area contributed by atoms with Gasteiger partial charge in [0.15, 0.2) is 11.4 Å². The number of hydrogen-bond acceptors (Lipinski definition) is 7. The summed E-state index contributed by atoms with van der Waals surface area (Å²) in [6, 6.07) is 0. The summed E-state index contributed by atoms with van der Waals surface area (Å²) in [5, 5.41) is 9.17. The van der Waals surface area contributed by atoms with Crippen molar-refractivity contribution in [3.8, 4) is 0 Å². The molecule has 180 valence electrons. The van der Waals surface area contributed by atoms with E-state index in [0.717, 1.165) is 11.8 Å². The van der Waals surface area contributed by atoms with Gasteiger partial charge in [-0.3, -0.25) is 14.4 Å². The molecule has 4 aliphatic carbocycles. The molecule has 0 aromatic carbocycles. The van der Waals surface area contributed by atoms with E-state index in [9.17, 15) is 19.5 Å². The number of ketones is 1. The molecule has 4 fully saturated rings. The molecule has 5 rings (SSSR count). The van der Waals surface area contributed by atoms with Crippen molar-refractivity contribution in [1.29, 1.82) is 0 Å². The number of halogens is 1. The monoisotopic (exact) mass is 478 g/mol. The van der Waals surface area contributed by atoms with Crippen LogP contribution >= 0.6 is 11.8 Å². The van der Waals surface area contributed by atoms with Crippen molar-refractivity contribution in [3.63, 3.8) is 0 Å². The smallest absolute Gasteiger partial charge is 0.306 e. The molecule has 1 aliphatic heterocycles. The fourth-order valence-corrected chi connectivity index (χ4v) is 8.88. The predicted molar refractivity (Wildman–Crippen MR) is 120 cm³/mol. The number of carbonyl (C=O) groups excluding carboxylic acids is 3. The van der Waals surface area contributed by atoms with Crippen LogP contribution in [-0.2, 0) is 23.9 Å². The zero-order valence-corrected chi connectivity index (χ0v) is 20.2. The molecule has 0 radical (unpaired) electrons. The van der Waals surface area contributed by atoms with E-state index in [1.165, 1.54) is 12.2 Å². The summed E-state index contributed by atoms with van der Waals surface area (Å²) < 4.78 is 28.1. The van der Waals surface area contributed by atoms with Crippen LogP contribution in [-0.4, -0.2) is 51.4 Å². The summed E-state index contributed by atoms with van der Waals surface area (Å²) in [4.78, 5) is 38.1. The molecule has 1 N–H and O–H groups in total. The molecule has 8 heteroatoms. The van der Waals surface area contributed by atoms with E-state index in [1.54, 1.807) is 6.92 Å². The Morgan fingerprint density at radius 3 is 2.70 bits per heavy atom.